The van der Waals surface area contributed by atoms with Gasteiger partial charge in [0.05, 0.1) is 11.4 Å². The zero-order chi connectivity index (χ0) is 24.0. The predicted octanol–water partition coefficient (Wildman–Crippen LogP) is 5.78. The number of rotatable bonds is 4. The lowest BCUT2D eigenvalue weighted by molar-refractivity contribution is -0.0368. The van der Waals surface area contributed by atoms with Crippen LogP contribution in [0.1, 0.15) is 70.7 Å². The maximum atomic E-state index is 6.18. The Morgan fingerprint density at radius 1 is 1.11 bits per heavy atom. The van der Waals surface area contributed by atoms with E-state index in [0.717, 1.165) is 97.1 Å². The van der Waals surface area contributed by atoms with E-state index < -0.39 is 0 Å². The van der Waals surface area contributed by atoms with Crippen molar-refractivity contribution in [2.45, 2.75) is 71.4 Å². The van der Waals surface area contributed by atoms with Gasteiger partial charge in [0.1, 0.15) is 4.60 Å². The van der Waals surface area contributed by atoms with Gasteiger partial charge in [-0.15, -0.1) is 5.10 Å². The van der Waals surface area contributed by atoms with Crippen molar-refractivity contribution in [3.8, 4) is 0 Å². The number of nitrogens with zero attached hydrogens (tertiary/aromatic N) is 7. The van der Waals surface area contributed by atoms with Crippen molar-refractivity contribution in [1.29, 1.82) is 0 Å². The van der Waals surface area contributed by atoms with Gasteiger partial charge in [-0.2, -0.15) is 0 Å². The van der Waals surface area contributed by atoms with Gasteiger partial charge in [0, 0.05) is 32.4 Å². The number of fused-ring (bicyclic) bond motifs is 2. The Morgan fingerprint density at radius 2 is 1.97 bits per heavy atom. The largest absolute Gasteiger partial charge is 0.356 e. The van der Waals surface area contributed by atoms with Crippen molar-refractivity contribution in [1.82, 2.24) is 24.7 Å². The van der Waals surface area contributed by atoms with Gasteiger partial charge in [0.15, 0.2) is 29.0 Å². The summed E-state index contributed by atoms with van der Waals surface area (Å²) in [6.45, 7) is 8.34. The molecule has 0 bridgehead atoms. The number of ether oxygens (including phenoxy) is 1. The van der Waals surface area contributed by atoms with E-state index in [4.69, 9.17) is 19.8 Å². The van der Waals surface area contributed by atoms with Crippen LogP contribution in [0.2, 0.25) is 0 Å². The molecule has 0 amide bonds. The Kier molecular flexibility index (Phi) is 6.16. The predicted molar refractivity (Wildman–Crippen MR) is 141 cm³/mol. The third kappa shape index (κ3) is 4.20. The van der Waals surface area contributed by atoms with Gasteiger partial charge in [0.25, 0.3) is 0 Å². The van der Waals surface area contributed by atoms with Gasteiger partial charge in [-0.1, -0.05) is 20.3 Å². The topological polar surface area (TPSA) is 72.2 Å². The van der Waals surface area contributed by atoms with Crippen molar-refractivity contribution in [3.63, 3.8) is 0 Å². The number of piperidine rings is 1. The molecule has 6 heterocycles. The quantitative estimate of drug-likeness (QED) is 0.415. The van der Waals surface area contributed by atoms with Crippen LogP contribution < -0.4 is 9.80 Å². The Hall–Kier alpha value is -2.26. The molecule has 3 aromatic rings. The minimum Gasteiger partial charge on any atom is -0.356 e. The van der Waals surface area contributed by atoms with Crippen LogP contribution in [0.4, 0.5) is 17.3 Å². The van der Waals surface area contributed by atoms with E-state index in [1.54, 1.807) is 0 Å². The fraction of sp³-hybridized carbons (Fsp3) is 0.615. The summed E-state index contributed by atoms with van der Waals surface area (Å²) in [6.07, 6.45) is 10.5. The molecule has 35 heavy (non-hydrogen) atoms. The summed E-state index contributed by atoms with van der Waals surface area (Å²) < 4.78 is 8.96. The van der Waals surface area contributed by atoms with Crippen molar-refractivity contribution in [2.24, 2.45) is 5.41 Å². The van der Waals surface area contributed by atoms with Crippen molar-refractivity contribution in [3.05, 3.63) is 28.6 Å². The van der Waals surface area contributed by atoms with Gasteiger partial charge >= 0.3 is 0 Å². The smallest absolute Gasteiger partial charge is 0.183 e. The number of halogens is 1. The molecule has 0 saturated carbocycles. The molecule has 3 aliphatic rings. The van der Waals surface area contributed by atoms with Gasteiger partial charge in [-0.3, -0.25) is 4.98 Å². The number of anilines is 3. The van der Waals surface area contributed by atoms with Gasteiger partial charge in [-0.25, -0.2) is 14.6 Å². The van der Waals surface area contributed by atoms with E-state index in [9.17, 15) is 0 Å². The maximum absolute atomic E-state index is 6.18. The lowest BCUT2D eigenvalue weighted by Crippen LogP contribution is -2.39. The van der Waals surface area contributed by atoms with E-state index in [-0.39, 0.29) is 6.23 Å². The Morgan fingerprint density at radius 3 is 2.74 bits per heavy atom. The molecule has 3 aromatic heterocycles. The summed E-state index contributed by atoms with van der Waals surface area (Å²) in [5.41, 5.74) is 4.28. The summed E-state index contributed by atoms with van der Waals surface area (Å²) in [5, 5.41) is 5.12. The van der Waals surface area contributed by atoms with Crippen LogP contribution in [-0.2, 0) is 11.2 Å². The highest BCUT2D eigenvalue weighted by Gasteiger charge is 2.33. The molecule has 3 aliphatic heterocycles. The summed E-state index contributed by atoms with van der Waals surface area (Å²) >= 11 is 3.78. The summed E-state index contributed by atoms with van der Waals surface area (Å²) in [5.74, 6) is 1.76. The number of aryl methyl sites for hydroxylation is 1. The molecule has 0 aliphatic carbocycles. The van der Waals surface area contributed by atoms with Gasteiger partial charge in [0.2, 0.25) is 0 Å². The highest BCUT2D eigenvalue weighted by Crippen LogP contribution is 2.40. The highest BCUT2D eigenvalue weighted by atomic mass is 79.9. The van der Waals surface area contributed by atoms with Crippen LogP contribution in [0.5, 0.6) is 0 Å². The molecule has 1 atom stereocenters. The van der Waals surface area contributed by atoms with E-state index in [1.165, 1.54) is 19.3 Å². The Labute approximate surface area is 215 Å². The fourth-order valence-electron chi connectivity index (χ4n) is 5.63. The molecule has 1 unspecified atom stereocenters. The lowest BCUT2D eigenvalue weighted by atomic mass is 9.78. The standard InChI is InChI=1S/C26H34BrN7O/c1-3-26(2)11-15-32(16-12-26)25-22(27)29-21-23(30-25)34(20-10-4-5-17-35-20)31-24(21)33-14-7-8-18-19(33)9-6-13-28-18/h6,9,13,20H,3-5,7-8,10-12,14-17H2,1-2H3. The second kappa shape index (κ2) is 9.32. The second-order valence-corrected chi connectivity index (χ2v) is 11.2. The molecular formula is C26H34BrN7O. The van der Waals surface area contributed by atoms with Gasteiger partial charge < -0.3 is 14.5 Å². The van der Waals surface area contributed by atoms with E-state index in [2.05, 4.69) is 50.6 Å². The lowest BCUT2D eigenvalue weighted by Gasteiger charge is -2.39. The molecule has 8 nitrogen and oxygen atoms in total. The van der Waals surface area contributed by atoms with Crippen LogP contribution in [0.25, 0.3) is 11.2 Å². The zero-order valence-electron chi connectivity index (χ0n) is 20.7. The number of hydrogen-bond donors (Lipinski definition) is 0. The number of aromatic nitrogens is 5. The first kappa shape index (κ1) is 23.2. The molecule has 0 aromatic carbocycles. The maximum Gasteiger partial charge on any atom is 0.183 e. The molecule has 0 spiro atoms. The average molecular weight is 541 g/mol. The van der Waals surface area contributed by atoms with E-state index in [0.29, 0.717) is 5.41 Å². The van der Waals surface area contributed by atoms with Crippen LogP contribution >= 0.6 is 15.9 Å². The molecule has 0 radical (unpaired) electrons. The van der Waals surface area contributed by atoms with Crippen LogP contribution in [0, 0.1) is 5.41 Å². The minimum atomic E-state index is -0.105. The molecule has 2 saturated heterocycles. The SMILES string of the molecule is CCC1(C)CCN(c2nc3c(nc2Br)c(N2CCCc4ncccc42)nn3C2CCCCO2)CC1. The number of pyridine rings is 1. The number of hydrogen-bond acceptors (Lipinski definition) is 7. The highest BCUT2D eigenvalue weighted by molar-refractivity contribution is 9.10. The zero-order valence-corrected chi connectivity index (χ0v) is 22.3. The Bertz CT molecular complexity index is 1210. The van der Waals surface area contributed by atoms with Crippen LogP contribution in [0.15, 0.2) is 22.9 Å². The third-order valence-corrected chi connectivity index (χ3v) is 8.74. The molecular weight excluding hydrogens is 506 g/mol. The van der Waals surface area contributed by atoms with Crippen molar-refractivity contribution < 1.29 is 4.74 Å². The first-order valence-corrected chi connectivity index (χ1v) is 13.9. The third-order valence-electron chi connectivity index (χ3n) is 8.21. The van der Waals surface area contributed by atoms with Crippen molar-refractivity contribution >= 4 is 44.4 Å². The van der Waals surface area contributed by atoms with Crippen LogP contribution in [0.3, 0.4) is 0 Å². The van der Waals surface area contributed by atoms with Crippen LogP contribution in [-0.4, -0.2) is 51.0 Å². The summed E-state index contributed by atoms with van der Waals surface area (Å²) in [4.78, 5) is 19.6. The van der Waals surface area contributed by atoms with E-state index >= 15 is 0 Å². The molecule has 6 rings (SSSR count). The molecule has 9 heteroatoms. The fourth-order valence-corrected chi connectivity index (χ4v) is 6.15. The average Bonchev–Trinajstić information content (AvgIpc) is 3.27. The Balaban J connectivity index is 1.45. The molecule has 0 N–H and O–H groups in total. The van der Waals surface area contributed by atoms with Crippen molar-refractivity contribution in [2.75, 3.05) is 36.0 Å². The molecule has 186 valence electrons. The normalized spacial score (nSPS) is 22.4. The first-order chi connectivity index (χ1) is 17.1. The van der Waals surface area contributed by atoms with Gasteiger partial charge in [-0.05, 0) is 78.4 Å². The summed E-state index contributed by atoms with van der Waals surface area (Å²) in [7, 11) is 0. The second-order valence-electron chi connectivity index (χ2n) is 10.5. The summed E-state index contributed by atoms with van der Waals surface area (Å²) in [6, 6.07) is 4.14. The van der Waals surface area contributed by atoms with E-state index in [1.807, 2.05) is 16.9 Å². The first-order valence-electron chi connectivity index (χ1n) is 13.1. The monoisotopic (exact) mass is 539 g/mol. The minimum absolute atomic E-state index is 0.105. The molecule has 2 fully saturated rings.